The fourth-order valence-electron chi connectivity index (χ4n) is 3.21. The third kappa shape index (κ3) is 3.53. The third-order valence-corrected chi connectivity index (χ3v) is 6.39. The van der Waals surface area contributed by atoms with Crippen LogP contribution in [0.5, 0.6) is 0 Å². The molecule has 1 N–H and O–H groups in total. The van der Waals surface area contributed by atoms with Crippen molar-refractivity contribution < 1.29 is 4.79 Å². The molecule has 0 saturated carbocycles. The summed E-state index contributed by atoms with van der Waals surface area (Å²) in [6.07, 6.45) is 0. The number of carbonyl (C=O) groups is 1. The van der Waals surface area contributed by atoms with Gasteiger partial charge in [0.1, 0.15) is 0 Å². The molecule has 4 aromatic rings. The summed E-state index contributed by atoms with van der Waals surface area (Å²) in [4.78, 5) is 14.9. The molecule has 0 aliphatic carbocycles. The van der Waals surface area contributed by atoms with E-state index in [1.807, 2.05) is 62.4 Å². The summed E-state index contributed by atoms with van der Waals surface area (Å²) in [7, 11) is 0. The molecule has 0 atom stereocenters. The van der Waals surface area contributed by atoms with Crippen molar-refractivity contribution in [1.29, 1.82) is 0 Å². The second kappa shape index (κ2) is 7.59. The number of nitrogens with one attached hydrogen (secondary N) is 1. The molecule has 0 amide bonds. The van der Waals surface area contributed by atoms with Gasteiger partial charge in [0, 0.05) is 32.2 Å². The highest BCUT2D eigenvalue weighted by Crippen LogP contribution is 2.35. The number of benzene rings is 3. The fraction of sp³-hybridized carbons (Fsp3) is 0.0870. The minimum Gasteiger partial charge on any atom is -0.355 e. The van der Waals surface area contributed by atoms with Gasteiger partial charge in [-0.3, -0.25) is 4.79 Å². The number of hydrogen-bond acceptors (Lipinski definition) is 3. The number of fused-ring (bicyclic) bond motifs is 1. The zero-order valence-electron chi connectivity index (χ0n) is 15.3. The molecule has 0 fully saturated rings. The third-order valence-electron chi connectivity index (χ3n) is 4.70. The van der Waals surface area contributed by atoms with Crippen LogP contribution in [0.3, 0.4) is 0 Å². The molecular weight excluding hydrogens is 409 g/mol. The van der Waals surface area contributed by atoms with Crippen molar-refractivity contribution >= 4 is 62.5 Å². The van der Waals surface area contributed by atoms with Gasteiger partial charge >= 0.3 is 0 Å². The average molecular weight is 426 g/mol. The van der Waals surface area contributed by atoms with Gasteiger partial charge in [0.05, 0.1) is 9.90 Å². The summed E-state index contributed by atoms with van der Waals surface area (Å²) in [5.74, 6) is -0.0714. The van der Waals surface area contributed by atoms with Crippen molar-refractivity contribution in [1.82, 2.24) is 0 Å². The van der Waals surface area contributed by atoms with E-state index in [2.05, 4.69) is 5.32 Å². The van der Waals surface area contributed by atoms with Crippen LogP contribution in [0.25, 0.3) is 10.8 Å². The van der Waals surface area contributed by atoms with E-state index in [-0.39, 0.29) is 5.78 Å². The van der Waals surface area contributed by atoms with Gasteiger partial charge in [-0.15, -0.1) is 11.3 Å². The SMILES string of the molecule is Cc1ccccc1Nc1ccc(C(=O)c2sc(C)c3cc(Cl)ccc23)c(Cl)c1. The zero-order chi connectivity index (χ0) is 19.8. The Morgan fingerprint density at radius 1 is 0.929 bits per heavy atom. The van der Waals surface area contributed by atoms with Crippen molar-refractivity contribution in [2.45, 2.75) is 13.8 Å². The predicted molar refractivity (Wildman–Crippen MR) is 121 cm³/mol. The lowest BCUT2D eigenvalue weighted by Crippen LogP contribution is -2.01. The monoisotopic (exact) mass is 425 g/mol. The van der Waals surface area contributed by atoms with E-state index in [1.54, 1.807) is 12.1 Å². The molecule has 4 rings (SSSR count). The number of carbonyl (C=O) groups excluding carboxylic acids is 1. The van der Waals surface area contributed by atoms with E-state index in [4.69, 9.17) is 23.2 Å². The molecule has 0 bridgehead atoms. The van der Waals surface area contributed by atoms with Crippen molar-refractivity contribution in [2.24, 2.45) is 0 Å². The van der Waals surface area contributed by atoms with Crippen molar-refractivity contribution in [2.75, 3.05) is 5.32 Å². The number of ketones is 1. The summed E-state index contributed by atoms with van der Waals surface area (Å²) in [6, 6.07) is 19.1. The number of anilines is 2. The Balaban J connectivity index is 1.68. The minimum absolute atomic E-state index is 0.0714. The maximum Gasteiger partial charge on any atom is 0.205 e. The van der Waals surface area contributed by atoms with E-state index >= 15 is 0 Å². The molecule has 140 valence electrons. The molecule has 0 aliphatic rings. The van der Waals surface area contributed by atoms with Gasteiger partial charge in [0.2, 0.25) is 5.78 Å². The van der Waals surface area contributed by atoms with Gasteiger partial charge in [-0.05, 0) is 61.2 Å². The molecule has 0 spiro atoms. The molecule has 1 aromatic heterocycles. The maximum atomic E-state index is 13.2. The van der Waals surface area contributed by atoms with Crippen molar-refractivity contribution in [3.05, 3.63) is 91.6 Å². The van der Waals surface area contributed by atoms with Gasteiger partial charge in [0.15, 0.2) is 0 Å². The van der Waals surface area contributed by atoms with Gasteiger partial charge in [-0.2, -0.15) is 0 Å². The smallest absolute Gasteiger partial charge is 0.205 e. The summed E-state index contributed by atoms with van der Waals surface area (Å²) >= 11 is 14.1. The Morgan fingerprint density at radius 2 is 1.71 bits per heavy atom. The Hall–Kier alpha value is -2.33. The second-order valence-electron chi connectivity index (χ2n) is 6.64. The highest BCUT2D eigenvalue weighted by atomic mass is 35.5. The zero-order valence-corrected chi connectivity index (χ0v) is 17.7. The number of halogens is 2. The molecule has 5 heteroatoms. The summed E-state index contributed by atoms with van der Waals surface area (Å²) < 4.78 is 0. The number of thiophene rings is 1. The van der Waals surface area contributed by atoms with Crippen LogP contribution in [0.1, 0.15) is 25.7 Å². The lowest BCUT2D eigenvalue weighted by Gasteiger charge is -2.11. The molecule has 0 radical (unpaired) electrons. The van der Waals surface area contributed by atoms with Crippen LogP contribution in [0.15, 0.2) is 60.7 Å². The first-order valence-corrected chi connectivity index (χ1v) is 10.4. The van der Waals surface area contributed by atoms with Crippen LogP contribution in [0.2, 0.25) is 10.0 Å². The first kappa shape index (κ1) is 19.0. The van der Waals surface area contributed by atoms with Gasteiger partial charge < -0.3 is 5.32 Å². The molecule has 0 aliphatic heterocycles. The Kier molecular flexibility index (Phi) is 5.15. The number of rotatable bonds is 4. The van der Waals surface area contributed by atoms with Gasteiger partial charge in [-0.1, -0.05) is 47.5 Å². The van der Waals surface area contributed by atoms with Crippen LogP contribution in [-0.2, 0) is 0 Å². The van der Waals surface area contributed by atoms with E-state index in [0.717, 1.165) is 32.6 Å². The minimum atomic E-state index is -0.0714. The van der Waals surface area contributed by atoms with Crippen LogP contribution in [0.4, 0.5) is 11.4 Å². The molecule has 0 saturated heterocycles. The van der Waals surface area contributed by atoms with Gasteiger partial charge in [-0.25, -0.2) is 0 Å². The average Bonchev–Trinajstić information content (AvgIpc) is 2.99. The first-order chi connectivity index (χ1) is 13.4. The van der Waals surface area contributed by atoms with Crippen molar-refractivity contribution in [3.63, 3.8) is 0 Å². The van der Waals surface area contributed by atoms with Crippen molar-refractivity contribution in [3.8, 4) is 0 Å². The largest absolute Gasteiger partial charge is 0.355 e. The number of hydrogen-bond donors (Lipinski definition) is 1. The summed E-state index contributed by atoms with van der Waals surface area (Å²) in [5.41, 5.74) is 3.48. The predicted octanol–water partition coefficient (Wildman–Crippen LogP) is 7.80. The van der Waals surface area contributed by atoms with E-state index < -0.39 is 0 Å². The highest BCUT2D eigenvalue weighted by Gasteiger charge is 2.19. The molecule has 2 nitrogen and oxygen atoms in total. The van der Waals surface area contributed by atoms with E-state index in [0.29, 0.717) is 20.5 Å². The van der Waals surface area contributed by atoms with Crippen LogP contribution in [-0.4, -0.2) is 5.78 Å². The first-order valence-electron chi connectivity index (χ1n) is 8.79. The standard InChI is InChI=1S/C23H17Cl2NOS/c1-13-5-3-4-6-21(13)26-16-8-10-18(20(25)12-16)22(27)23-17-9-7-15(24)11-19(17)14(2)28-23/h3-12,26H,1-2H3. The van der Waals surface area contributed by atoms with Crippen LogP contribution < -0.4 is 5.32 Å². The highest BCUT2D eigenvalue weighted by molar-refractivity contribution is 7.16. The summed E-state index contributed by atoms with van der Waals surface area (Å²) in [6.45, 7) is 4.04. The summed E-state index contributed by atoms with van der Waals surface area (Å²) in [5, 5.41) is 6.36. The Morgan fingerprint density at radius 3 is 2.46 bits per heavy atom. The molecule has 1 heterocycles. The normalized spacial score (nSPS) is 11.0. The molecule has 0 unspecified atom stereocenters. The fourth-order valence-corrected chi connectivity index (χ4v) is 4.72. The van der Waals surface area contributed by atoms with Gasteiger partial charge in [0.25, 0.3) is 0 Å². The quantitative estimate of drug-likeness (QED) is 0.337. The lowest BCUT2D eigenvalue weighted by molar-refractivity contribution is 0.104. The second-order valence-corrected chi connectivity index (χ2v) is 8.71. The Labute approximate surface area is 177 Å². The number of para-hydroxylation sites is 1. The maximum absolute atomic E-state index is 13.2. The molecular formula is C23H17Cl2NOS. The van der Waals surface area contributed by atoms with E-state index in [1.165, 1.54) is 11.3 Å². The lowest BCUT2D eigenvalue weighted by atomic mass is 10.0. The van der Waals surface area contributed by atoms with Crippen LogP contribution in [0, 0.1) is 13.8 Å². The van der Waals surface area contributed by atoms with Crippen LogP contribution >= 0.6 is 34.5 Å². The number of aryl methyl sites for hydroxylation is 2. The Bertz CT molecular complexity index is 1210. The molecule has 3 aromatic carbocycles. The van der Waals surface area contributed by atoms with E-state index in [9.17, 15) is 4.79 Å². The topological polar surface area (TPSA) is 29.1 Å². The molecule has 28 heavy (non-hydrogen) atoms.